The average molecular weight is 296 g/mol. The van der Waals surface area contributed by atoms with E-state index in [9.17, 15) is 5.11 Å². The van der Waals surface area contributed by atoms with Crippen molar-refractivity contribution < 1.29 is 5.11 Å². The van der Waals surface area contributed by atoms with Gasteiger partial charge in [0, 0.05) is 23.7 Å². The lowest BCUT2D eigenvalue weighted by Gasteiger charge is -2.52. The van der Waals surface area contributed by atoms with E-state index in [0.29, 0.717) is 6.04 Å². The van der Waals surface area contributed by atoms with E-state index in [1.54, 1.807) is 0 Å². The Kier molecular flexibility index (Phi) is 3.63. The van der Waals surface area contributed by atoms with E-state index in [4.69, 9.17) is 0 Å². The number of pyridine rings is 1. The zero-order valence-corrected chi connectivity index (χ0v) is 13.2. The molecule has 1 aromatic heterocycles. The molecule has 3 nitrogen and oxygen atoms in total. The summed E-state index contributed by atoms with van der Waals surface area (Å²) in [6, 6.07) is 11.1. The highest BCUT2D eigenvalue weighted by molar-refractivity contribution is 5.82. The van der Waals surface area contributed by atoms with Crippen molar-refractivity contribution in [2.45, 2.75) is 50.8 Å². The first-order valence-corrected chi connectivity index (χ1v) is 8.55. The first-order chi connectivity index (χ1) is 10.8. The minimum atomic E-state index is -0.412. The fourth-order valence-corrected chi connectivity index (χ4v) is 4.57. The summed E-state index contributed by atoms with van der Waals surface area (Å²) >= 11 is 0. The molecule has 3 saturated heterocycles. The molecular formula is C19H24N2O. The van der Waals surface area contributed by atoms with Gasteiger partial charge in [0.15, 0.2) is 0 Å². The van der Waals surface area contributed by atoms with Gasteiger partial charge in [0.2, 0.25) is 0 Å². The number of aliphatic hydroxyl groups is 1. The van der Waals surface area contributed by atoms with Crippen LogP contribution in [0.15, 0.2) is 36.5 Å². The van der Waals surface area contributed by atoms with Crippen molar-refractivity contribution >= 4 is 10.9 Å². The van der Waals surface area contributed by atoms with Gasteiger partial charge in [0.05, 0.1) is 11.6 Å². The molecule has 0 amide bonds. The number of piperidine rings is 3. The molecular weight excluding hydrogens is 272 g/mol. The number of rotatable bonds is 3. The number of benzene rings is 1. The zero-order valence-electron chi connectivity index (χ0n) is 13.2. The largest absolute Gasteiger partial charge is 0.387 e. The smallest absolute Gasteiger partial charge is 0.0952 e. The third-order valence-electron chi connectivity index (χ3n) is 5.71. The van der Waals surface area contributed by atoms with Crippen LogP contribution in [-0.4, -0.2) is 33.6 Å². The van der Waals surface area contributed by atoms with Crippen molar-refractivity contribution in [2.75, 3.05) is 6.54 Å². The van der Waals surface area contributed by atoms with Crippen molar-refractivity contribution in [3.8, 4) is 0 Å². The van der Waals surface area contributed by atoms with Gasteiger partial charge in [0.25, 0.3) is 0 Å². The van der Waals surface area contributed by atoms with Crippen molar-refractivity contribution in [1.82, 2.24) is 9.88 Å². The average Bonchev–Trinajstić information content (AvgIpc) is 2.60. The van der Waals surface area contributed by atoms with Gasteiger partial charge in [-0.25, -0.2) is 0 Å². The van der Waals surface area contributed by atoms with Gasteiger partial charge in [-0.05, 0) is 55.8 Å². The molecule has 116 valence electrons. The molecule has 5 atom stereocenters. The second-order valence-electron chi connectivity index (χ2n) is 6.86. The van der Waals surface area contributed by atoms with Crippen LogP contribution in [0.25, 0.3) is 10.9 Å². The Balaban J connectivity index is 1.70. The molecule has 2 aromatic rings. The molecule has 0 saturated carbocycles. The Labute approximate surface area is 132 Å². The molecule has 1 aromatic carbocycles. The minimum Gasteiger partial charge on any atom is -0.387 e. The second-order valence-corrected chi connectivity index (χ2v) is 6.86. The lowest BCUT2D eigenvalue weighted by Crippen LogP contribution is -2.56. The van der Waals surface area contributed by atoms with E-state index < -0.39 is 6.10 Å². The molecule has 4 unspecified atom stereocenters. The van der Waals surface area contributed by atoms with Crippen LogP contribution in [0, 0.1) is 5.92 Å². The van der Waals surface area contributed by atoms with E-state index in [0.717, 1.165) is 35.3 Å². The molecule has 0 aliphatic carbocycles. The number of nitrogens with zero attached hydrogens (tertiary/aromatic N) is 2. The van der Waals surface area contributed by atoms with Crippen LogP contribution < -0.4 is 0 Å². The number of fused-ring (bicyclic) bond motifs is 4. The fraction of sp³-hybridized carbons (Fsp3) is 0.526. The van der Waals surface area contributed by atoms with E-state index in [-0.39, 0.29) is 6.04 Å². The number of hydrogen-bond donors (Lipinski definition) is 1. The molecule has 3 aliphatic rings. The molecule has 22 heavy (non-hydrogen) atoms. The predicted octanol–water partition coefficient (Wildman–Crippen LogP) is 3.53. The summed E-state index contributed by atoms with van der Waals surface area (Å²) in [5.41, 5.74) is 2.01. The van der Waals surface area contributed by atoms with Crippen LogP contribution in [0.5, 0.6) is 0 Å². The van der Waals surface area contributed by atoms with Crippen LogP contribution in [0.2, 0.25) is 0 Å². The van der Waals surface area contributed by atoms with E-state index in [1.165, 1.54) is 19.3 Å². The first kappa shape index (κ1) is 14.2. The van der Waals surface area contributed by atoms with Gasteiger partial charge in [-0.1, -0.05) is 25.1 Å². The third-order valence-corrected chi connectivity index (χ3v) is 5.71. The molecule has 4 heterocycles. The second kappa shape index (κ2) is 5.64. The molecule has 2 bridgehead atoms. The van der Waals surface area contributed by atoms with Crippen molar-refractivity contribution in [1.29, 1.82) is 0 Å². The summed E-state index contributed by atoms with van der Waals surface area (Å²) in [5, 5.41) is 12.2. The number of aliphatic hydroxyl groups excluding tert-OH is 1. The molecule has 1 N–H and O–H groups in total. The standard InChI is InChI=1S/C19H24N2O/c1-2-14-11-13-8-10-21(14)18(12-13)19(22)16-7-9-20-17-6-4-3-5-15(16)17/h3-7,9,13-14,18-19,22H,2,8,10-12H2,1H3/t13?,14?,18?,19-/m0/s1. The predicted molar refractivity (Wildman–Crippen MR) is 88.6 cm³/mol. The SMILES string of the molecule is CCC1CC2CCN1C([C@@H](O)c1ccnc3ccccc13)C2. The highest BCUT2D eigenvalue weighted by Crippen LogP contribution is 2.42. The van der Waals surface area contributed by atoms with Crippen LogP contribution in [0.1, 0.15) is 44.3 Å². The first-order valence-electron chi connectivity index (χ1n) is 8.55. The Morgan fingerprint density at radius 2 is 2.14 bits per heavy atom. The Morgan fingerprint density at radius 3 is 2.95 bits per heavy atom. The van der Waals surface area contributed by atoms with Crippen LogP contribution in [-0.2, 0) is 0 Å². The van der Waals surface area contributed by atoms with Crippen LogP contribution in [0.4, 0.5) is 0 Å². The maximum Gasteiger partial charge on any atom is 0.0952 e. The Morgan fingerprint density at radius 1 is 1.27 bits per heavy atom. The van der Waals surface area contributed by atoms with Gasteiger partial charge in [0.1, 0.15) is 0 Å². The van der Waals surface area contributed by atoms with E-state index in [2.05, 4.69) is 22.9 Å². The molecule has 0 radical (unpaired) electrons. The lowest BCUT2D eigenvalue weighted by atomic mass is 9.75. The lowest BCUT2D eigenvalue weighted by molar-refractivity contribution is -0.0616. The summed E-state index contributed by atoms with van der Waals surface area (Å²) in [4.78, 5) is 6.99. The van der Waals surface area contributed by atoms with Crippen LogP contribution in [0.3, 0.4) is 0 Å². The Hall–Kier alpha value is -1.45. The van der Waals surface area contributed by atoms with E-state index >= 15 is 0 Å². The van der Waals surface area contributed by atoms with Gasteiger partial charge in [-0.3, -0.25) is 9.88 Å². The zero-order chi connectivity index (χ0) is 15.1. The summed E-state index contributed by atoms with van der Waals surface area (Å²) in [5.74, 6) is 0.794. The summed E-state index contributed by atoms with van der Waals surface area (Å²) in [7, 11) is 0. The number of aromatic nitrogens is 1. The topological polar surface area (TPSA) is 36.4 Å². The summed E-state index contributed by atoms with van der Waals surface area (Å²) in [6.07, 6.45) is 6.36. The highest BCUT2D eigenvalue weighted by atomic mass is 16.3. The number of para-hydroxylation sites is 1. The van der Waals surface area contributed by atoms with Gasteiger partial charge < -0.3 is 5.11 Å². The molecule has 0 spiro atoms. The summed E-state index contributed by atoms with van der Waals surface area (Å²) < 4.78 is 0. The fourth-order valence-electron chi connectivity index (χ4n) is 4.57. The normalized spacial score (nSPS) is 32.3. The summed E-state index contributed by atoms with van der Waals surface area (Å²) in [6.45, 7) is 3.42. The quantitative estimate of drug-likeness (QED) is 0.941. The molecule has 3 aliphatic heterocycles. The van der Waals surface area contributed by atoms with Crippen molar-refractivity contribution in [2.24, 2.45) is 5.92 Å². The maximum absolute atomic E-state index is 11.1. The van der Waals surface area contributed by atoms with Crippen LogP contribution >= 0.6 is 0 Å². The molecule has 3 heteroatoms. The highest BCUT2D eigenvalue weighted by Gasteiger charge is 2.42. The molecule has 5 rings (SSSR count). The van der Waals surface area contributed by atoms with Crippen molar-refractivity contribution in [3.63, 3.8) is 0 Å². The van der Waals surface area contributed by atoms with Gasteiger partial charge in [-0.2, -0.15) is 0 Å². The maximum atomic E-state index is 11.1. The van der Waals surface area contributed by atoms with Gasteiger partial charge in [-0.15, -0.1) is 0 Å². The monoisotopic (exact) mass is 296 g/mol. The number of hydrogen-bond acceptors (Lipinski definition) is 3. The van der Waals surface area contributed by atoms with Gasteiger partial charge >= 0.3 is 0 Å². The third kappa shape index (κ3) is 2.24. The molecule has 3 fully saturated rings. The Bertz CT molecular complexity index is 666. The van der Waals surface area contributed by atoms with Crippen molar-refractivity contribution in [3.05, 3.63) is 42.1 Å². The van der Waals surface area contributed by atoms with E-state index in [1.807, 2.05) is 30.5 Å². The minimum absolute atomic E-state index is 0.267.